The smallest absolute Gasteiger partial charge is 0.311 e. The number of amides is 2. The average Bonchev–Trinajstić information content (AvgIpc) is 3.38. The highest BCUT2D eigenvalue weighted by molar-refractivity contribution is 8.02. The number of esters is 1. The average molecular weight is 491 g/mol. The van der Waals surface area contributed by atoms with Gasteiger partial charge in [-0.2, -0.15) is 0 Å². The number of hydrogen-bond acceptors (Lipinski definition) is 7. The number of carbonyl (C=O) groups excluding carboxylic acids is 3. The zero-order valence-electron chi connectivity index (χ0n) is 20.0. The number of nitrogens with zero attached hydrogens (tertiary/aromatic N) is 1. The van der Waals surface area contributed by atoms with Crippen LogP contribution in [0, 0.1) is 11.8 Å². The zero-order chi connectivity index (χ0) is 24.5. The molecule has 3 saturated heterocycles. The molecule has 4 rings (SSSR count). The molecule has 2 amide bonds. The minimum atomic E-state index is -0.674. The number of likely N-dealkylation sites (tertiary alicyclic amines) is 1. The molecule has 3 heterocycles. The van der Waals surface area contributed by atoms with Crippen LogP contribution in [-0.4, -0.2) is 70.2 Å². The first-order valence-corrected chi connectivity index (χ1v) is 12.9. The molecular formula is C25H34N2O6S. The van der Waals surface area contributed by atoms with Crippen molar-refractivity contribution in [1.29, 1.82) is 0 Å². The maximum atomic E-state index is 13.8. The third-order valence-corrected chi connectivity index (χ3v) is 9.47. The summed E-state index contributed by atoms with van der Waals surface area (Å²) in [5, 5.41) is 12.1. The number of anilines is 1. The Hall–Kier alpha value is -2.26. The monoisotopic (exact) mass is 490 g/mol. The lowest BCUT2D eigenvalue weighted by Gasteiger charge is -2.34. The van der Waals surface area contributed by atoms with E-state index in [1.807, 2.05) is 6.92 Å². The van der Waals surface area contributed by atoms with Crippen LogP contribution < -0.4 is 10.1 Å². The van der Waals surface area contributed by atoms with Crippen molar-refractivity contribution in [2.45, 2.75) is 61.5 Å². The van der Waals surface area contributed by atoms with Crippen molar-refractivity contribution < 1.29 is 29.0 Å². The van der Waals surface area contributed by atoms with Crippen molar-refractivity contribution in [3.8, 4) is 5.75 Å². The van der Waals surface area contributed by atoms with E-state index >= 15 is 0 Å². The summed E-state index contributed by atoms with van der Waals surface area (Å²) in [7, 11) is 1.58. The van der Waals surface area contributed by atoms with Crippen LogP contribution in [0.25, 0.3) is 0 Å². The molecule has 8 nitrogen and oxygen atoms in total. The minimum Gasteiger partial charge on any atom is -0.497 e. The van der Waals surface area contributed by atoms with Gasteiger partial charge in [-0.05, 0) is 70.2 Å². The van der Waals surface area contributed by atoms with E-state index in [0.29, 0.717) is 37.2 Å². The van der Waals surface area contributed by atoms with E-state index in [2.05, 4.69) is 5.32 Å². The normalized spacial score (nSPS) is 31.5. The van der Waals surface area contributed by atoms with Gasteiger partial charge in [0.15, 0.2) is 0 Å². The lowest BCUT2D eigenvalue weighted by atomic mass is 9.66. The fourth-order valence-electron chi connectivity index (χ4n) is 6.01. The van der Waals surface area contributed by atoms with Gasteiger partial charge >= 0.3 is 5.97 Å². The van der Waals surface area contributed by atoms with Gasteiger partial charge < -0.3 is 24.8 Å². The van der Waals surface area contributed by atoms with Crippen molar-refractivity contribution in [2.24, 2.45) is 11.8 Å². The summed E-state index contributed by atoms with van der Waals surface area (Å²) in [6.45, 7) is 4.58. The summed E-state index contributed by atoms with van der Waals surface area (Å²) in [6.07, 6.45) is 3.56. The van der Waals surface area contributed by atoms with E-state index in [0.717, 1.165) is 12.8 Å². The quantitative estimate of drug-likeness (QED) is 0.384. The first-order chi connectivity index (χ1) is 16.3. The molecule has 3 fully saturated rings. The summed E-state index contributed by atoms with van der Waals surface area (Å²) >= 11 is 1.63. The molecule has 5 atom stereocenters. The number of hydrogen-bond donors (Lipinski definition) is 2. The summed E-state index contributed by atoms with van der Waals surface area (Å²) < 4.78 is 9.52. The van der Waals surface area contributed by atoms with Crippen LogP contribution in [0.4, 0.5) is 5.69 Å². The number of ether oxygens (including phenoxy) is 2. The molecule has 1 aromatic rings. The number of rotatable bonds is 10. The van der Waals surface area contributed by atoms with E-state index in [1.54, 1.807) is 55.0 Å². The molecule has 9 heteroatoms. The molecule has 3 aliphatic heterocycles. The lowest BCUT2D eigenvalue weighted by Crippen LogP contribution is -2.51. The minimum absolute atomic E-state index is 0.0982. The largest absolute Gasteiger partial charge is 0.497 e. The second-order valence-corrected chi connectivity index (χ2v) is 11.4. The third kappa shape index (κ3) is 4.06. The molecule has 2 unspecified atom stereocenters. The molecule has 34 heavy (non-hydrogen) atoms. The predicted molar refractivity (Wildman–Crippen MR) is 130 cm³/mol. The Morgan fingerprint density at radius 1 is 1.21 bits per heavy atom. The zero-order valence-corrected chi connectivity index (χ0v) is 20.9. The Morgan fingerprint density at radius 2 is 1.94 bits per heavy atom. The summed E-state index contributed by atoms with van der Waals surface area (Å²) in [5.41, 5.74) is 0.629. The number of thioether (sulfide) groups is 1. The van der Waals surface area contributed by atoms with Gasteiger partial charge in [0.2, 0.25) is 11.8 Å². The molecule has 1 spiro atoms. The van der Waals surface area contributed by atoms with Crippen LogP contribution in [0.1, 0.15) is 46.0 Å². The second-order valence-electron chi connectivity index (χ2n) is 9.51. The molecule has 0 saturated carbocycles. The van der Waals surface area contributed by atoms with Crippen LogP contribution in [0.15, 0.2) is 24.3 Å². The SMILES string of the molecule is CCOC(=O)[C@@H]1[C@H]2C(=O)N(CCCCCO)C(C(=O)Nc3ccc(OC)cc3)C23CC[C@@]1(C)S3. The highest BCUT2D eigenvalue weighted by atomic mass is 32.2. The second kappa shape index (κ2) is 9.77. The Balaban J connectivity index is 1.65. The van der Waals surface area contributed by atoms with Gasteiger partial charge in [0.25, 0.3) is 0 Å². The Bertz CT molecular complexity index is 940. The van der Waals surface area contributed by atoms with Crippen LogP contribution in [0.2, 0.25) is 0 Å². The van der Waals surface area contributed by atoms with E-state index in [4.69, 9.17) is 14.6 Å². The van der Waals surface area contributed by atoms with Gasteiger partial charge in [-0.1, -0.05) is 0 Å². The standard InChI is InChI=1S/C25H34N2O6S/c1-4-33-23(31)19-18-22(30)27(14-6-5-7-15-28)20(25(18)13-12-24(19,2)34-25)21(29)26-16-8-10-17(32-3)11-9-16/h8-11,18-20,28H,4-7,12-15H2,1-3H3,(H,26,29)/t18-,19-,20?,24+,25?/m0/s1. The summed E-state index contributed by atoms with van der Waals surface area (Å²) in [5.74, 6) is -1.14. The predicted octanol–water partition coefficient (Wildman–Crippen LogP) is 2.84. The van der Waals surface area contributed by atoms with Crippen LogP contribution in [0.3, 0.4) is 0 Å². The van der Waals surface area contributed by atoms with Crippen LogP contribution >= 0.6 is 11.8 Å². The summed E-state index contributed by atoms with van der Waals surface area (Å²) in [6, 6.07) is 6.42. The van der Waals surface area contributed by atoms with Crippen molar-refractivity contribution in [3.63, 3.8) is 0 Å². The van der Waals surface area contributed by atoms with E-state index in [-0.39, 0.29) is 31.0 Å². The van der Waals surface area contributed by atoms with E-state index < -0.39 is 27.4 Å². The molecule has 186 valence electrons. The number of aliphatic hydroxyl groups excluding tert-OH is 1. The van der Waals surface area contributed by atoms with Crippen LogP contribution in [0.5, 0.6) is 5.75 Å². The maximum absolute atomic E-state index is 13.8. The molecule has 3 aliphatic rings. The fourth-order valence-corrected chi connectivity index (χ4v) is 8.36. The van der Waals surface area contributed by atoms with Gasteiger partial charge in [-0.25, -0.2) is 0 Å². The number of fused-ring (bicyclic) bond motifs is 1. The van der Waals surface area contributed by atoms with Gasteiger partial charge in [-0.3, -0.25) is 14.4 Å². The number of methoxy groups -OCH3 is 1. The molecule has 2 bridgehead atoms. The van der Waals surface area contributed by atoms with Gasteiger partial charge in [-0.15, -0.1) is 11.8 Å². The van der Waals surface area contributed by atoms with Gasteiger partial charge in [0.1, 0.15) is 11.8 Å². The highest BCUT2D eigenvalue weighted by Crippen LogP contribution is 2.71. The number of aliphatic hydroxyl groups is 1. The first-order valence-electron chi connectivity index (χ1n) is 12.0. The molecule has 0 radical (unpaired) electrons. The van der Waals surface area contributed by atoms with Crippen molar-refractivity contribution in [3.05, 3.63) is 24.3 Å². The first kappa shape index (κ1) is 24.9. The van der Waals surface area contributed by atoms with Crippen molar-refractivity contribution in [2.75, 3.05) is 32.2 Å². The molecule has 0 aliphatic carbocycles. The number of unbranched alkanes of at least 4 members (excludes halogenated alkanes) is 2. The molecule has 2 N–H and O–H groups in total. The lowest BCUT2D eigenvalue weighted by molar-refractivity contribution is -0.155. The van der Waals surface area contributed by atoms with Crippen molar-refractivity contribution >= 4 is 35.2 Å². The number of benzene rings is 1. The molecule has 0 aromatic heterocycles. The Morgan fingerprint density at radius 3 is 2.59 bits per heavy atom. The Labute approximate surface area is 204 Å². The van der Waals surface area contributed by atoms with Crippen molar-refractivity contribution in [1.82, 2.24) is 4.90 Å². The fraction of sp³-hybridized carbons (Fsp3) is 0.640. The number of nitrogens with one attached hydrogen (secondary N) is 1. The molecular weight excluding hydrogens is 456 g/mol. The Kier molecular flexibility index (Phi) is 7.14. The highest BCUT2D eigenvalue weighted by Gasteiger charge is 2.77. The topological polar surface area (TPSA) is 105 Å². The van der Waals surface area contributed by atoms with E-state index in [1.165, 1.54) is 0 Å². The number of carbonyl (C=O) groups is 3. The summed E-state index contributed by atoms with van der Waals surface area (Å²) in [4.78, 5) is 42.2. The maximum Gasteiger partial charge on any atom is 0.311 e. The van der Waals surface area contributed by atoms with E-state index in [9.17, 15) is 14.4 Å². The molecule has 1 aromatic carbocycles. The third-order valence-electron chi connectivity index (χ3n) is 7.48. The van der Waals surface area contributed by atoms with Gasteiger partial charge in [0.05, 0.1) is 30.3 Å². The van der Waals surface area contributed by atoms with Gasteiger partial charge in [0, 0.05) is 23.6 Å². The van der Waals surface area contributed by atoms with Crippen LogP contribution in [-0.2, 0) is 19.1 Å².